The first-order valence-corrected chi connectivity index (χ1v) is 8.87. The minimum absolute atomic E-state index is 0.295. The first-order chi connectivity index (χ1) is 12.3. The summed E-state index contributed by atoms with van der Waals surface area (Å²) in [4.78, 5) is 17.3. The van der Waals surface area contributed by atoms with Gasteiger partial charge in [0.25, 0.3) is 0 Å². The van der Waals surface area contributed by atoms with E-state index in [0.29, 0.717) is 37.6 Å². The fourth-order valence-electron chi connectivity index (χ4n) is 2.64. The molecule has 2 heterocycles. The minimum Gasteiger partial charge on any atom is -0.381 e. The van der Waals surface area contributed by atoms with Gasteiger partial charge in [-0.1, -0.05) is 12.1 Å². The molecule has 26 heavy (non-hydrogen) atoms. The van der Waals surface area contributed by atoms with E-state index in [-0.39, 0.29) is 5.91 Å². The number of nitrogens with two attached hydrogens (primary N) is 1. The number of hydrogen-bond donors (Lipinski definition) is 2. The molecule has 9 heteroatoms. The number of ether oxygens (including phenoxy) is 1. The van der Waals surface area contributed by atoms with Crippen LogP contribution in [0.1, 0.15) is 28.8 Å². The summed E-state index contributed by atoms with van der Waals surface area (Å²) in [5.74, 6) is -0.295. The van der Waals surface area contributed by atoms with Gasteiger partial charge in [0.05, 0.1) is 5.56 Å². The summed E-state index contributed by atoms with van der Waals surface area (Å²) in [5.41, 5.74) is 5.22. The van der Waals surface area contributed by atoms with Gasteiger partial charge in [0.1, 0.15) is 5.54 Å². The predicted molar refractivity (Wildman–Crippen MR) is 92.0 cm³/mol. The summed E-state index contributed by atoms with van der Waals surface area (Å²) in [6.07, 6.45) is -1.41. The Bertz CT molecular complexity index is 768. The monoisotopic (exact) mass is 385 g/mol. The number of aromatic nitrogens is 1. The van der Waals surface area contributed by atoms with Crippen molar-refractivity contribution in [2.45, 2.75) is 31.0 Å². The third-order valence-corrected chi connectivity index (χ3v) is 5.18. The predicted octanol–water partition coefficient (Wildman–Crippen LogP) is 3.20. The Morgan fingerprint density at radius 1 is 1.27 bits per heavy atom. The number of nitrogens with zero attached hydrogens (tertiary/aromatic N) is 1. The van der Waals surface area contributed by atoms with E-state index in [0.717, 1.165) is 22.6 Å². The largest absolute Gasteiger partial charge is 0.416 e. The quantitative estimate of drug-likeness (QED) is 0.847. The summed E-state index contributed by atoms with van der Waals surface area (Å²) in [5, 5.41) is 3.15. The molecule has 1 aromatic heterocycles. The number of alkyl halides is 3. The molecule has 0 atom stereocenters. The highest BCUT2D eigenvalue weighted by Crippen LogP contribution is 2.30. The normalized spacial score (nSPS) is 17.1. The maximum absolute atomic E-state index is 12.6. The third-order valence-electron chi connectivity index (χ3n) is 4.27. The van der Waals surface area contributed by atoms with Crippen molar-refractivity contribution >= 4 is 22.4 Å². The van der Waals surface area contributed by atoms with Crippen LogP contribution in [0.15, 0.2) is 30.5 Å². The lowest BCUT2D eigenvalue weighted by Gasteiger charge is -2.31. The van der Waals surface area contributed by atoms with Gasteiger partial charge in [-0.05, 0) is 30.5 Å². The van der Waals surface area contributed by atoms with Crippen molar-refractivity contribution in [3.05, 3.63) is 46.5 Å². The molecule has 0 aliphatic carbocycles. The van der Waals surface area contributed by atoms with Crippen LogP contribution < -0.4 is 11.1 Å². The number of hydrogen-bond acceptors (Lipinski definition) is 5. The first-order valence-electron chi connectivity index (χ1n) is 8.05. The van der Waals surface area contributed by atoms with Gasteiger partial charge < -0.3 is 15.8 Å². The number of rotatable bonds is 4. The van der Waals surface area contributed by atoms with Crippen molar-refractivity contribution < 1.29 is 22.7 Å². The van der Waals surface area contributed by atoms with E-state index in [9.17, 15) is 18.0 Å². The standard InChI is InChI=1S/C17H18F3N3O2S/c18-17(19,20)12-3-1-11(2-4-12)9-13-10-22-15(26-13)23-14(24)16(21)5-7-25-8-6-16/h1-4,10H,5-9,21H2,(H,22,23,24). The molecular formula is C17H18F3N3O2S. The minimum atomic E-state index is -4.34. The molecule has 0 bridgehead atoms. The van der Waals surface area contributed by atoms with Gasteiger partial charge in [0.15, 0.2) is 5.13 Å². The molecule has 1 saturated heterocycles. The van der Waals surface area contributed by atoms with Crippen LogP contribution >= 0.6 is 11.3 Å². The summed E-state index contributed by atoms with van der Waals surface area (Å²) in [6.45, 7) is 0.891. The molecule has 1 aliphatic rings. The maximum Gasteiger partial charge on any atom is 0.416 e. The molecule has 0 unspecified atom stereocenters. The van der Waals surface area contributed by atoms with Gasteiger partial charge in [0, 0.05) is 30.7 Å². The Hall–Kier alpha value is -1.97. The lowest BCUT2D eigenvalue weighted by molar-refractivity contribution is -0.137. The number of amides is 1. The van der Waals surface area contributed by atoms with Crippen molar-refractivity contribution in [2.75, 3.05) is 18.5 Å². The first kappa shape index (κ1) is 18.8. The number of nitrogens with one attached hydrogen (secondary N) is 1. The number of carbonyl (C=O) groups excluding carboxylic acids is 1. The van der Waals surface area contributed by atoms with Crippen LogP contribution in [0.5, 0.6) is 0 Å². The fraction of sp³-hybridized carbons (Fsp3) is 0.412. The van der Waals surface area contributed by atoms with Crippen molar-refractivity contribution in [2.24, 2.45) is 5.73 Å². The Labute approximate surface area is 152 Å². The molecule has 2 aromatic rings. The van der Waals surface area contributed by atoms with Crippen LogP contribution in [0, 0.1) is 0 Å². The number of halogens is 3. The number of thiazole rings is 1. The highest BCUT2D eigenvalue weighted by molar-refractivity contribution is 7.15. The summed E-state index contributed by atoms with van der Waals surface area (Å²) >= 11 is 1.28. The zero-order chi connectivity index (χ0) is 18.8. The molecule has 3 rings (SSSR count). The van der Waals surface area contributed by atoms with E-state index in [4.69, 9.17) is 10.5 Å². The fourth-order valence-corrected chi connectivity index (χ4v) is 3.49. The smallest absolute Gasteiger partial charge is 0.381 e. The van der Waals surface area contributed by atoms with Crippen molar-refractivity contribution in [3.8, 4) is 0 Å². The summed E-state index contributed by atoms with van der Waals surface area (Å²) < 4.78 is 43.0. The van der Waals surface area contributed by atoms with Gasteiger partial charge >= 0.3 is 6.18 Å². The zero-order valence-corrected chi connectivity index (χ0v) is 14.6. The lowest BCUT2D eigenvalue weighted by Crippen LogP contribution is -2.54. The average Bonchev–Trinajstić information content (AvgIpc) is 3.02. The SMILES string of the molecule is NC1(C(=O)Nc2ncc(Cc3ccc(C(F)(F)F)cc3)s2)CCOCC1. The van der Waals surface area contributed by atoms with Crippen LogP contribution in [-0.4, -0.2) is 29.6 Å². The molecule has 1 aliphatic heterocycles. The molecule has 1 amide bonds. The second-order valence-electron chi connectivity index (χ2n) is 6.23. The summed E-state index contributed by atoms with van der Waals surface area (Å²) in [6, 6.07) is 5.00. The van der Waals surface area contributed by atoms with Gasteiger partial charge in [-0.25, -0.2) is 4.98 Å². The Kier molecular flexibility index (Phi) is 5.31. The number of anilines is 1. The highest BCUT2D eigenvalue weighted by Gasteiger charge is 2.36. The Balaban J connectivity index is 1.62. The van der Waals surface area contributed by atoms with E-state index in [1.807, 2.05) is 0 Å². The van der Waals surface area contributed by atoms with Crippen LogP contribution in [0.25, 0.3) is 0 Å². The van der Waals surface area contributed by atoms with Crippen molar-refractivity contribution in [1.82, 2.24) is 4.98 Å². The lowest BCUT2D eigenvalue weighted by atomic mass is 9.90. The second-order valence-corrected chi connectivity index (χ2v) is 7.34. The molecular weight excluding hydrogens is 367 g/mol. The highest BCUT2D eigenvalue weighted by atomic mass is 32.1. The van der Waals surface area contributed by atoms with Crippen LogP contribution in [0.4, 0.5) is 18.3 Å². The number of carbonyl (C=O) groups is 1. The van der Waals surface area contributed by atoms with Crippen LogP contribution in [0.2, 0.25) is 0 Å². The van der Waals surface area contributed by atoms with Crippen molar-refractivity contribution in [1.29, 1.82) is 0 Å². The maximum atomic E-state index is 12.6. The average molecular weight is 385 g/mol. The Morgan fingerprint density at radius 2 is 1.92 bits per heavy atom. The molecule has 0 spiro atoms. The molecule has 140 valence electrons. The number of benzene rings is 1. The van der Waals surface area contributed by atoms with E-state index in [1.54, 1.807) is 6.20 Å². The van der Waals surface area contributed by atoms with Gasteiger partial charge in [0.2, 0.25) is 5.91 Å². The van der Waals surface area contributed by atoms with Crippen molar-refractivity contribution in [3.63, 3.8) is 0 Å². The van der Waals surface area contributed by atoms with Gasteiger partial charge in [-0.2, -0.15) is 13.2 Å². The van der Waals surface area contributed by atoms with E-state index in [1.165, 1.54) is 23.5 Å². The van der Waals surface area contributed by atoms with E-state index >= 15 is 0 Å². The topological polar surface area (TPSA) is 77.2 Å². The molecule has 1 fully saturated rings. The van der Waals surface area contributed by atoms with E-state index < -0.39 is 17.3 Å². The third kappa shape index (κ3) is 4.40. The van der Waals surface area contributed by atoms with Gasteiger partial charge in [-0.3, -0.25) is 4.79 Å². The summed E-state index contributed by atoms with van der Waals surface area (Å²) in [7, 11) is 0. The van der Waals surface area contributed by atoms with E-state index in [2.05, 4.69) is 10.3 Å². The molecule has 0 saturated carbocycles. The Morgan fingerprint density at radius 3 is 2.54 bits per heavy atom. The van der Waals surface area contributed by atoms with Crippen LogP contribution in [0.3, 0.4) is 0 Å². The molecule has 5 nitrogen and oxygen atoms in total. The zero-order valence-electron chi connectivity index (χ0n) is 13.8. The van der Waals surface area contributed by atoms with Crippen LogP contribution in [-0.2, 0) is 22.1 Å². The molecule has 0 radical (unpaired) electrons. The second kappa shape index (κ2) is 7.34. The van der Waals surface area contributed by atoms with Gasteiger partial charge in [-0.15, -0.1) is 11.3 Å². The molecule has 3 N–H and O–H groups in total. The molecule has 1 aromatic carbocycles.